The van der Waals surface area contributed by atoms with E-state index < -0.39 is 0 Å². The molecule has 0 aromatic rings. The van der Waals surface area contributed by atoms with Crippen molar-refractivity contribution in [2.24, 2.45) is 10.9 Å². The molecule has 1 aliphatic carbocycles. The molecule has 128 valence electrons. The van der Waals surface area contributed by atoms with Crippen LogP contribution in [-0.2, 0) is 4.79 Å². The van der Waals surface area contributed by atoms with Crippen LogP contribution in [0, 0.1) is 5.92 Å². The van der Waals surface area contributed by atoms with E-state index >= 15 is 0 Å². The minimum absolute atomic E-state index is 0. The van der Waals surface area contributed by atoms with Crippen molar-refractivity contribution in [1.82, 2.24) is 15.5 Å². The summed E-state index contributed by atoms with van der Waals surface area (Å²) in [6.07, 6.45) is 5.92. The Balaban J connectivity index is 0.00000242. The Kier molecular flexibility index (Phi) is 9.04. The molecule has 0 spiro atoms. The molecule has 2 N–H and O–H groups in total. The average molecular weight is 426 g/mol. The molecule has 2 aliphatic rings. The number of nitrogens with zero attached hydrogens (tertiary/aromatic N) is 2. The Labute approximate surface area is 149 Å². The molecule has 5 nitrogen and oxygen atoms in total. The lowest BCUT2D eigenvalue weighted by Gasteiger charge is -2.21. The van der Waals surface area contributed by atoms with Crippen LogP contribution in [0.1, 0.15) is 38.5 Å². The molecule has 7 heteroatoms. The maximum absolute atomic E-state index is 12.4. The van der Waals surface area contributed by atoms with Crippen LogP contribution in [0.15, 0.2) is 4.99 Å². The minimum atomic E-state index is -0.322. The second kappa shape index (κ2) is 10.2. The number of nitrogens with one attached hydrogen (secondary N) is 2. The predicted octanol–water partition coefficient (Wildman–Crippen LogP) is 1.92. The van der Waals surface area contributed by atoms with Crippen molar-refractivity contribution in [3.63, 3.8) is 0 Å². The summed E-state index contributed by atoms with van der Waals surface area (Å²) < 4.78 is 12.1. The molecule has 1 unspecified atom stereocenters. The smallest absolute Gasteiger partial charge is 0.225 e. The predicted molar refractivity (Wildman–Crippen MR) is 97.4 cm³/mol. The third kappa shape index (κ3) is 5.55. The molecule has 1 saturated carbocycles. The summed E-state index contributed by atoms with van der Waals surface area (Å²) >= 11 is 0. The molecule has 1 saturated heterocycles. The van der Waals surface area contributed by atoms with E-state index in [0.29, 0.717) is 24.8 Å². The van der Waals surface area contributed by atoms with E-state index in [9.17, 15) is 9.18 Å². The second-order valence-electron chi connectivity index (χ2n) is 5.94. The zero-order valence-corrected chi connectivity index (χ0v) is 15.6. The standard InChI is InChI=1S/C15H27FN4O.HI/c1-17-15(18-9-4-8-16)19-13-7-10-20(11-13)14(21)12-5-2-3-6-12;/h12-13H,2-11H2,1H3,(H2,17,18,19);1H. The zero-order chi connectivity index (χ0) is 15.1. The Morgan fingerprint density at radius 2 is 2.05 bits per heavy atom. The van der Waals surface area contributed by atoms with Crippen molar-refractivity contribution in [2.75, 3.05) is 33.4 Å². The van der Waals surface area contributed by atoms with Gasteiger partial charge in [-0.1, -0.05) is 12.8 Å². The monoisotopic (exact) mass is 426 g/mol. The van der Waals surface area contributed by atoms with Crippen LogP contribution in [0.3, 0.4) is 0 Å². The maximum Gasteiger partial charge on any atom is 0.225 e. The third-order valence-electron chi connectivity index (χ3n) is 4.37. The van der Waals surface area contributed by atoms with Crippen LogP contribution in [0.25, 0.3) is 0 Å². The Morgan fingerprint density at radius 3 is 2.68 bits per heavy atom. The van der Waals surface area contributed by atoms with Crippen molar-refractivity contribution in [1.29, 1.82) is 0 Å². The third-order valence-corrected chi connectivity index (χ3v) is 4.37. The minimum Gasteiger partial charge on any atom is -0.356 e. The van der Waals surface area contributed by atoms with Gasteiger partial charge in [0, 0.05) is 38.6 Å². The molecule has 0 radical (unpaired) electrons. The lowest BCUT2D eigenvalue weighted by Crippen LogP contribution is -2.45. The first-order chi connectivity index (χ1) is 10.2. The van der Waals surface area contributed by atoms with Crippen molar-refractivity contribution in [2.45, 2.75) is 44.6 Å². The number of hydrogen-bond acceptors (Lipinski definition) is 2. The van der Waals surface area contributed by atoms with Crippen LogP contribution in [0.4, 0.5) is 4.39 Å². The van der Waals surface area contributed by atoms with Gasteiger partial charge in [0.1, 0.15) is 0 Å². The summed E-state index contributed by atoms with van der Waals surface area (Å²) in [4.78, 5) is 18.5. The number of carbonyl (C=O) groups excluding carboxylic acids is 1. The van der Waals surface area contributed by atoms with E-state index in [0.717, 1.165) is 32.4 Å². The van der Waals surface area contributed by atoms with Crippen molar-refractivity contribution >= 4 is 35.8 Å². The summed E-state index contributed by atoms with van der Waals surface area (Å²) in [6, 6.07) is 0.243. The van der Waals surface area contributed by atoms with Crippen LogP contribution in [0.2, 0.25) is 0 Å². The number of carbonyl (C=O) groups is 1. The Hall–Kier alpha value is -0.600. The molecule has 22 heavy (non-hydrogen) atoms. The molecule has 0 aromatic carbocycles. The number of aliphatic imine (C=N–C) groups is 1. The number of likely N-dealkylation sites (tertiary alicyclic amines) is 1. The van der Waals surface area contributed by atoms with Gasteiger partial charge < -0.3 is 15.5 Å². The van der Waals surface area contributed by atoms with E-state index in [1.54, 1.807) is 7.05 Å². The highest BCUT2D eigenvalue weighted by Crippen LogP contribution is 2.27. The molecule has 1 heterocycles. The fourth-order valence-corrected chi connectivity index (χ4v) is 3.17. The lowest BCUT2D eigenvalue weighted by atomic mass is 10.1. The van der Waals surface area contributed by atoms with Gasteiger partial charge in [0.15, 0.2) is 5.96 Å². The number of rotatable bonds is 5. The summed E-state index contributed by atoms with van der Waals surface area (Å²) in [5.41, 5.74) is 0. The second-order valence-corrected chi connectivity index (χ2v) is 5.94. The first kappa shape index (κ1) is 19.4. The summed E-state index contributed by atoms with van der Waals surface area (Å²) in [5, 5.41) is 6.41. The van der Waals surface area contributed by atoms with Crippen LogP contribution in [0.5, 0.6) is 0 Å². The van der Waals surface area contributed by atoms with Crippen molar-refractivity contribution < 1.29 is 9.18 Å². The highest BCUT2D eigenvalue weighted by atomic mass is 127. The molecule has 0 aromatic heterocycles. The van der Waals surface area contributed by atoms with Gasteiger partial charge >= 0.3 is 0 Å². The maximum atomic E-state index is 12.4. The van der Waals surface area contributed by atoms with Gasteiger partial charge in [-0.05, 0) is 25.7 Å². The van der Waals surface area contributed by atoms with E-state index in [2.05, 4.69) is 15.6 Å². The highest BCUT2D eigenvalue weighted by Gasteiger charge is 2.32. The van der Waals surface area contributed by atoms with Crippen LogP contribution < -0.4 is 10.6 Å². The van der Waals surface area contributed by atoms with Gasteiger partial charge in [0.05, 0.1) is 6.67 Å². The topological polar surface area (TPSA) is 56.7 Å². The summed E-state index contributed by atoms with van der Waals surface area (Å²) in [7, 11) is 1.71. The lowest BCUT2D eigenvalue weighted by molar-refractivity contribution is -0.134. The van der Waals surface area contributed by atoms with E-state index in [-0.39, 0.29) is 42.6 Å². The molecular formula is C15H28FIN4O. The van der Waals surface area contributed by atoms with Crippen molar-refractivity contribution in [3.05, 3.63) is 0 Å². The molecule has 1 amide bonds. The number of amides is 1. The van der Waals surface area contributed by atoms with Gasteiger partial charge in [-0.3, -0.25) is 14.2 Å². The highest BCUT2D eigenvalue weighted by molar-refractivity contribution is 14.0. The van der Waals surface area contributed by atoms with Gasteiger partial charge in [0.25, 0.3) is 0 Å². The average Bonchev–Trinajstić information content (AvgIpc) is 3.17. The van der Waals surface area contributed by atoms with E-state index in [4.69, 9.17) is 0 Å². The number of guanidine groups is 1. The molecular weight excluding hydrogens is 398 g/mol. The Bertz CT molecular complexity index is 375. The fourth-order valence-electron chi connectivity index (χ4n) is 3.17. The molecule has 1 aliphatic heterocycles. The molecule has 0 bridgehead atoms. The van der Waals surface area contributed by atoms with Crippen molar-refractivity contribution in [3.8, 4) is 0 Å². The SMILES string of the molecule is CN=C(NCCCF)NC1CCN(C(=O)C2CCCC2)C1.I. The molecule has 2 fully saturated rings. The first-order valence-corrected chi connectivity index (χ1v) is 8.06. The number of hydrogen-bond donors (Lipinski definition) is 2. The Morgan fingerprint density at radius 1 is 1.32 bits per heavy atom. The number of alkyl halides is 1. The molecule has 2 rings (SSSR count). The van der Waals surface area contributed by atoms with E-state index in [1.165, 1.54) is 12.8 Å². The first-order valence-electron chi connectivity index (χ1n) is 8.06. The summed E-state index contributed by atoms with van der Waals surface area (Å²) in [5.74, 6) is 1.28. The normalized spacial score (nSPS) is 22.5. The van der Waals surface area contributed by atoms with Crippen LogP contribution in [-0.4, -0.2) is 56.2 Å². The van der Waals surface area contributed by atoms with Gasteiger partial charge in [-0.15, -0.1) is 24.0 Å². The number of halogens is 2. The largest absolute Gasteiger partial charge is 0.356 e. The van der Waals surface area contributed by atoms with Crippen LogP contribution >= 0.6 is 24.0 Å². The fraction of sp³-hybridized carbons (Fsp3) is 0.867. The van der Waals surface area contributed by atoms with Gasteiger partial charge in [-0.25, -0.2) is 0 Å². The zero-order valence-electron chi connectivity index (χ0n) is 13.3. The quantitative estimate of drug-likeness (QED) is 0.306. The van der Waals surface area contributed by atoms with Gasteiger partial charge in [0.2, 0.25) is 5.91 Å². The molecule has 1 atom stereocenters. The van der Waals surface area contributed by atoms with E-state index in [1.807, 2.05) is 4.90 Å². The summed E-state index contributed by atoms with van der Waals surface area (Å²) in [6.45, 7) is 1.83. The van der Waals surface area contributed by atoms with Gasteiger partial charge in [-0.2, -0.15) is 0 Å².